The van der Waals surface area contributed by atoms with E-state index in [2.05, 4.69) is 17.9 Å². The Kier molecular flexibility index (Phi) is 3.40. The van der Waals surface area contributed by atoms with E-state index in [1.54, 1.807) is 0 Å². The van der Waals surface area contributed by atoms with Gasteiger partial charge in [-0.3, -0.25) is 4.79 Å². The molecule has 0 aromatic heterocycles. The summed E-state index contributed by atoms with van der Waals surface area (Å²) in [5.74, 6) is 0.613. The van der Waals surface area contributed by atoms with Crippen molar-refractivity contribution < 1.29 is 9.90 Å². The van der Waals surface area contributed by atoms with E-state index in [0.29, 0.717) is 18.7 Å². The Morgan fingerprint density at radius 3 is 2.67 bits per heavy atom. The van der Waals surface area contributed by atoms with E-state index in [9.17, 15) is 4.79 Å². The van der Waals surface area contributed by atoms with Crippen LogP contribution in [0.2, 0.25) is 0 Å². The molecule has 0 heterocycles. The number of hydrogen-bond acceptors (Lipinski definition) is 3. The molecule has 0 aromatic carbocycles. The second-order valence-corrected chi connectivity index (χ2v) is 3.86. The van der Waals surface area contributed by atoms with E-state index in [0.717, 1.165) is 12.8 Å². The molecule has 0 spiro atoms. The fourth-order valence-electron chi connectivity index (χ4n) is 1.04. The van der Waals surface area contributed by atoms with Crippen LogP contribution in [0.4, 0.5) is 0 Å². The molecule has 0 atom stereocenters. The monoisotopic (exact) mass is 189 g/mol. The summed E-state index contributed by atoms with van der Waals surface area (Å²) in [5.41, 5.74) is 0.0201. The Hall–Kier alpha value is -0.220. The molecule has 0 saturated heterocycles. The van der Waals surface area contributed by atoms with Crippen molar-refractivity contribution in [1.82, 2.24) is 5.32 Å². The van der Waals surface area contributed by atoms with Crippen LogP contribution in [0.1, 0.15) is 19.3 Å². The van der Waals surface area contributed by atoms with Crippen molar-refractivity contribution >= 4 is 18.5 Å². The second-order valence-electron chi connectivity index (χ2n) is 3.41. The van der Waals surface area contributed by atoms with Crippen LogP contribution in [0.25, 0.3) is 0 Å². The van der Waals surface area contributed by atoms with Gasteiger partial charge < -0.3 is 10.4 Å². The number of thiol groups is 1. The Balaban J connectivity index is 2.12. The number of aliphatic hydroxyl groups excluding tert-OH is 1. The molecular formula is C8H15NO2S. The summed E-state index contributed by atoms with van der Waals surface area (Å²) in [7, 11) is 0. The number of amides is 1. The lowest BCUT2D eigenvalue weighted by molar-refractivity contribution is -0.121. The van der Waals surface area contributed by atoms with Crippen LogP contribution in [0.3, 0.4) is 0 Å². The van der Waals surface area contributed by atoms with E-state index in [-0.39, 0.29) is 17.9 Å². The number of carbonyl (C=O) groups excluding carboxylic acids is 1. The molecule has 1 aliphatic rings. The highest BCUT2D eigenvalue weighted by Crippen LogP contribution is 2.44. The maximum atomic E-state index is 11.0. The zero-order valence-corrected chi connectivity index (χ0v) is 7.94. The Bertz CT molecular complexity index is 168. The van der Waals surface area contributed by atoms with Gasteiger partial charge in [-0.15, -0.1) is 0 Å². The predicted octanol–water partition coefficient (Wildman–Crippen LogP) is 0.195. The Morgan fingerprint density at radius 2 is 2.25 bits per heavy atom. The molecule has 0 unspecified atom stereocenters. The summed E-state index contributed by atoms with van der Waals surface area (Å²) in [6.45, 7) is 0.810. The normalized spacial score (nSPS) is 18.8. The van der Waals surface area contributed by atoms with E-state index in [4.69, 9.17) is 5.11 Å². The van der Waals surface area contributed by atoms with E-state index in [1.807, 2.05) is 0 Å². The highest BCUT2D eigenvalue weighted by molar-refractivity contribution is 7.80. The number of rotatable bonds is 5. The molecule has 1 amide bonds. The topological polar surface area (TPSA) is 49.3 Å². The third kappa shape index (κ3) is 2.68. The largest absolute Gasteiger partial charge is 0.396 e. The van der Waals surface area contributed by atoms with Crippen LogP contribution in [-0.4, -0.2) is 29.9 Å². The number of hydrogen-bond donors (Lipinski definition) is 3. The van der Waals surface area contributed by atoms with Gasteiger partial charge in [0.1, 0.15) is 0 Å². The van der Waals surface area contributed by atoms with Crippen molar-refractivity contribution in [2.45, 2.75) is 19.3 Å². The van der Waals surface area contributed by atoms with Crippen LogP contribution < -0.4 is 5.32 Å². The fourth-order valence-corrected chi connectivity index (χ4v) is 1.25. The van der Waals surface area contributed by atoms with E-state index < -0.39 is 0 Å². The summed E-state index contributed by atoms with van der Waals surface area (Å²) in [4.78, 5) is 11.0. The first-order valence-electron chi connectivity index (χ1n) is 4.21. The van der Waals surface area contributed by atoms with Crippen LogP contribution in [0.5, 0.6) is 0 Å². The highest BCUT2D eigenvalue weighted by Gasteiger charge is 2.41. The summed E-state index contributed by atoms with van der Waals surface area (Å²) >= 11 is 3.95. The van der Waals surface area contributed by atoms with Crippen molar-refractivity contribution in [3.8, 4) is 0 Å². The fraction of sp³-hybridized carbons (Fsp3) is 0.875. The molecular weight excluding hydrogens is 174 g/mol. The molecule has 12 heavy (non-hydrogen) atoms. The average Bonchev–Trinajstić information content (AvgIpc) is 2.82. The average molecular weight is 189 g/mol. The van der Waals surface area contributed by atoms with Crippen molar-refractivity contribution in [1.29, 1.82) is 0 Å². The number of nitrogens with one attached hydrogen (secondary N) is 1. The first-order chi connectivity index (χ1) is 5.72. The quantitative estimate of drug-likeness (QED) is 0.541. The van der Waals surface area contributed by atoms with Crippen LogP contribution in [0, 0.1) is 5.41 Å². The standard InChI is InChI=1S/C8H15NO2S/c10-6-8(2-3-8)5-9-7(11)1-4-12/h10,12H,1-6H2,(H,9,11). The first-order valence-corrected chi connectivity index (χ1v) is 4.84. The van der Waals surface area contributed by atoms with E-state index in [1.165, 1.54) is 0 Å². The second kappa shape index (κ2) is 4.14. The summed E-state index contributed by atoms with van der Waals surface area (Å²) in [5, 5.41) is 11.7. The van der Waals surface area contributed by atoms with Gasteiger partial charge >= 0.3 is 0 Å². The molecule has 0 aliphatic heterocycles. The molecule has 3 nitrogen and oxygen atoms in total. The molecule has 1 rings (SSSR count). The lowest BCUT2D eigenvalue weighted by Gasteiger charge is -2.11. The molecule has 0 radical (unpaired) electrons. The maximum absolute atomic E-state index is 11.0. The van der Waals surface area contributed by atoms with Gasteiger partial charge in [0, 0.05) is 18.4 Å². The van der Waals surface area contributed by atoms with Crippen LogP contribution in [0.15, 0.2) is 0 Å². The van der Waals surface area contributed by atoms with Gasteiger partial charge in [0.25, 0.3) is 0 Å². The Labute approximate surface area is 77.9 Å². The smallest absolute Gasteiger partial charge is 0.220 e. The lowest BCUT2D eigenvalue weighted by Crippen LogP contribution is -2.31. The summed E-state index contributed by atoms with van der Waals surface area (Å²) in [6, 6.07) is 0. The van der Waals surface area contributed by atoms with Gasteiger partial charge in [-0.05, 0) is 18.6 Å². The minimum absolute atomic E-state index is 0.0201. The van der Waals surface area contributed by atoms with Gasteiger partial charge in [-0.25, -0.2) is 0 Å². The van der Waals surface area contributed by atoms with Crippen molar-refractivity contribution in [2.75, 3.05) is 18.9 Å². The van der Waals surface area contributed by atoms with Gasteiger partial charge in [0.05, 0.1) is 6.61 Å². The molecule has 0 aromatic rings. The molecule has 1 fully saturated rings. The van der Waals surface area contributed by atoms with Crippen LogP contribution >= 0.6 is 12.6 Å². The number of carbonyl (C=O) groups is 1. The molecule has 2 N–H and O–H groups in total. The van der Waals surface area contributed by atoms with E-state index >= 15 is 0 Å². The molecule has 1 saturated carbocycles. The van der Waals surface area contributed by atoms with Crippen molar-refractivity contribution in [2.24, 2.45) is 5.41 Å². The van der Waals surface area contributed by atoms with Gasteiger partial charge in [0.15, 0.2) is 0 Å². The molecule has 1 aliphatic carbocycles. The van der Waals surface area contributed by atoms with Gasteiger partial charge in [-0.2, -0.15) is 12.6 Å². The van der Waals surface area contributed by atoms with Crippen molar-refractivity contribution in [3.05, 3.63) is 0 Å². The number of aliphatic hydroxyl groups is 1. The zero-order chi connectivity index (χ0) is 9.03. The van der Waals surface area contributed by atoms with Crippen LogP contribution in [-0.2, 0) is 4.79 Å². The minimum Gasteiger partial charge on any atom is -0.396 e. The lowest BCUT2D eigenvalue weighted by atomic mass is 10.1. The third-order valence-corrected chi connectivity index (χ3v) is 2.52. The van der Waals surface area contributed by atoms with Crippen molar-refractivity contribution in [3.63, 3.8) is 0 Å². The SMILES string of the molecule is O=C(CCS)NCC1(CO)CC1. The Morgan fingerprint density at radius 1 is 1.58 bits per heavy atom. The van der Waals surface area contributed by atoms with Gasteiger partial charge in [-0.1, -0.05) is 0 Å². The molecule has 4 heteroatoms. The third-order valence-electron chi connectivity index (χ3n) is 2.29. The molecule has 70 valence electrons. The zero-order valence-electron chi connectivity index (χ0n) is 7.05. The predicted molar refractivity (Wildman–Crippen MR) is 50.2 cm³/mol. The summed E-state index contributed by atoms with van der Waals surface area (Å²) < 4.78 is 0. The summed E-state index contributed by atoms with van der Waals surface area (Å²) in [6.07, 6.45) is 2.53. The molecule has 0 bridgehead atoms. The first kappa shape index (κ1) is 9.86. The minimum atomic E-state index is 0.0201. The highest BCUT2D eigenvalue weighted by atomic mass is 32.1. The van der Waals surface area contributed by atoms with Gasteiger partial charge in [0.2, 0.25) is 5.91 Å². The maximum Gasteiger partial charge on any atom is 0.220 e.